The SMILES string of the molecule is CC(=CC(=O)c1ccccc1)OC(=O)c1cc2ccccc2s1. The smallest absolute Gasteiger partial charge is 0.353 e. The number of allylic oxidation sites excluding steroid dienone is 2. The Morgan fingerprint density at radius 1 is 1.00 bits per heavy atom. The van der Waals surface area contributed by atoms with Crippen molar-refractivity contribution >= 4 is 33.2 Å². The van der Waals surface area contributed by atoms with Gasteiger partial charge in [0.1, 0.15) is 10.6 Å². The van der Waals surface area contributed by atoms with Gasteiger partial charge in [-0.25, -0.2) is 4.79 Å². The first kappa shape index (κ1) is 15.2. The summed E-state index contributed by atoms with van der Waals surface area (Å²) in [5, 5.41) is 1.01. The molecule has 2 aromatic carbocycles. The highest BCUT2D eigenvalue weighted by Gasteiger charge is 2.13. The maximum atomic E-state index is 12.2. The summed E-state index contributed by atoms with van der Waals surface area (Å²) in [5.41, 5.74) is 0.560. The second-order valence-electron chi connectivity index (χ2n) is 5.02. The molecule has 1 aromatic heterocycles. The summed E-state index contributed by atoms with van der Waals surface area (Å²) >= 11 is 1.38. The highest BCUT2D eigenvalue weighted by atomic mass is 32.1. The largest absolute Gasteiger partial charge is 0.427 e. The van der Waals surface area contributed by atoms with Gasteiger partial charge in [-0.3, -0.25) is 4.79 Å². The molecule has 0 atom stereocenters. The number of benzene rings is 2. The lowest BCUT2D eigenvalue weighted by Gasteiger charge is -2.02. The van der Waals surface area contributed by atoms with E-state index in [-0.39, 0.29) is 11.5 Å². The third-order valence-electron chi connectivity index (χ3n) is 3.27. The van der Waals surface area contributed by atoms with E-state index in [1.54, 1.807) is 37.3 Å². The van der Waals surface area contributed by atoms with Crippen LogP contribution >= 0.6 is 11.3 Å². The van der Waals surface area contributed by atoms with Crippen molar-refractivity contribution in [1.82, 2.24) is 0 Å². The molecule has 0 aliphatic carbocycles. The Labute approximate surface area is 137 Å². The summed E-state index contributed by atoms with van der Waals surface area (Å²) < 4.78 is 6.30. The summed E-state index contributed by atoms with van der Waals surface area (Å²) in [4.78, 5) is 24.7. The van der Waals surface area contributed by atoms with Gasteiger partial charge in [0, 0.05) is 16.3 Å². The minimum atomic E-state index is -0.444. The van der Waals surface area contributed by atoms with Crippen LogP contribution in [0.15, 0.2) is 72.5 Å². The van der Waals surface area contributed by atoms with Crippen molar-refractivity contribution in [2.75, 3.05) is 0 Å². The number of carbonyl (C=O) groups is 2. The third-order valence-corrected chi connectivity index (χ3v) is 4.37. The van der Waals surface area contributed by atoms with Gasteiger partial charge >= 0.3 is 5.97 Å². The molecule has 0 radical (unpaired) electrons. The molecule has 0 amide bonds. The molecule has 0 bridgehead atoms. The van der Waals surface area contributed by atoms with Crippen LogP contribution in [0.1, 0.15) is 27.0 Å². The fourth-order valence-corrected chi connectivity index (χ4v) is 3.12. The molecule has 0 saturated heterocycles. The maximum Gasteiger partial charge on any atom is 0.353 e. The summed E-state index contributed by atoms with van der Waals surface area (Å²) in [6.07, 6.45) is 1.33. The van der Waals surface area contributed by atoms with Crippen LogP contribution in [0, 0.1) is 0 Å². The number of hydrogen-bond donors (Lipinski definition) is 0. The van der Waals surface area contributed by atoms with Crippen molar-refractivity contribution in [2.45, 2.75) is 6.92 Å². The van der Waals surface area contributed by atoms with Gasteiger partial charge in [0.05, 0.1) is 0 Å². The molecule has 23 heavy (non-hydrogen) atoms. The Balaban J connectivity index is 1.74. The number of rotatable bonds is 4. The van der Waals surface area contributed by atoms with Crippen molar-refractivity contribution in [1.29, 1.82) is 0 Å². The molecular weight excluding hydrogens is 308 g/mol. The Morgan fingerprint density at radius 3 is 2.43 bits per heavy atom. The number of ketones is 1. The molecule has 0 aliphatic heterocycles. The molecule has 3 nitrogen and oxygen atoms in total. The molecular formula is C19H14O3S. The van der Waals surface area contributed by atoms with Gasteiger partial charge in [-0.1, -0.05) is 48.5 Å². The van der Waals surface area contributed by atoms with Crippen molar-refractivity contribution < 1.29 is 14.3 Å². The number of fused-ring (bicyclic) bond motifs is 1. The Morgan fingerprint density at radius 2 is 1.70 bits per heavy atom. The Bertz CT molecular complexity index is 858. The summed E-state index contributed by atoms with van der Waals surface area (Å²) in [7, 11) is 0. The number of esters is 1. The van der Waals surface area contributed by atoms with Crippen molar-refractivity contribution in [2.24, 2.45) is 0 Å². The number of carbonyl (C=O) groups excluding carboxylic acids is 2. The van der Waals surface area contributed by atoms with E-state index in [1.165, 1.54) is 17.4 Å². The van der Waals surface area contributed by atoms with Crippen molar-refractivity contribution in [3.8, 4) is 0 Å². The molecule has 0 unspecified atom stereocenters. The fourth-order valence-electron chi connectivity index (χ4n) is 2.18. The van der Waals surface area contributed by atoms with Gasteiger partial charge in [-0.15, -0.1) is 11.3 Å². The summed E-state index contributed by atoms with van der Waals surface area (Å²) in [6, 6.07) is 18.4. The standard InChI is InChI=1S/C19H14O3S/c1-13(11-16(20)14-7-3-2-4-8-14)22-19(21)18-12-15-9-5-6-10-17(15)23-18/h2-12H,1H3. The molecule has 0 aliphatic rings. The zero-order chi connectivity index (χ0) is 16.2. The zero-order valence-electron chi connectivity index (χ0n) is 12.5. The lowest BCUT2D eigenvalue weighted by molar-refractivity contribution is 0.0630. The maximum absolute atomic E-state index is 12.2. The minimum Gasteiger partial charge on any atom is -0.427 e. The van der Waals surface area contributed by atoms with E-state index >= 15 is 0 Å². The number of thiophene rings is 1. The monoisotopic (exact) mass is 322 g/mol. The van der Waals surface area contributed by atoms with Gasteiger partial charge in [-0.2, -0.15) is 0 Å². The predicted molar refractivity (Wildman–Crippen MR) is 91.8 cm³/mol. The first-order valence-corrected chi connectivity index (χ1v) is 7.93. The average Bonchev–Trinajstić information content (AvgIpc) is 2.99. The molecule has 0 spiro atoms. The van der Waals surface area contributed by atoms with Crippen molar-refractivity contribution in [3.63, 3.8) is 0 Å². The molecule has 3 aromatic rings. The zero-order valence-corrected chi connectivity index (χ0v) is 13.3. The molecule has 0 saturated carbocycles. The summed E-state index contributed by atoms with van der Waals surface area (Å²) in [5.74, 6) is -0.352. The molecule has 1 heterocycles. The minimum absolute atomic E-state index is 0.188. The number of ether oxygens (including phenoxy) is 1. The van der Waals surface area contributed by atoms with Crippen LogP contribution in [0.3, 0.4) is 0 Å². The fraction of sp³-hybridized carbons (Fsp3) is 0.0526. The molecule has 3 rings (SSSR count). The van der Waals surface area contributed by atoms with Crippen LogP contribution in [-0.4, -0.2) is 11.8 Å². The second kappa shape index (κ2) is 6.58. The average molecular weight is 322 g/mol. The normalized spacial score (nSPS) is 11.4. The summed E-state index contributed by atoms with van der Waals surface area (Å²) in [6.45, 7) is 1.60. The highest BCUT2D eigenvalue weighted by molar-refractivity contribution is 7.20. The van der Waals surface area contributed by atoms with E-state index < -0.39 is 5.97 Å². The van der Waals surface area contributed by atoms with Gasteiger partial charge in [-0.05, 0) is 24.4 Å². The van der Waals surface area contributed by atoms with Crippen LogP contribution in [0.4, 0.5) is 0 Å². The Hall–Kier alpha value is -2.72. The molecule has 114 valence electrons. The van der Waals surface area contributed by atoms with Gasteiger partial charge in [0.2, 0.25) is 0 Å². The van der Waals surface area contributed by atoms with Crippen LogP contribution in [0.2, 0.25) is 0 Å². The van der Waals surface area contributed by atoms with Crippen LogP contribution < -0.4 is 0 Å². The molecule has 4 heteroatoms. The van der Waals surface area contributed by atoms with E-state index in [1.807, 2.05) is 30.3 Å². The molecule has 0 fully saturated rings. The first-order chi connectivity index (χ1) is 11.1. The van der Waals surface area contributed by atoms with Gasteiger partial charge in [0.15, 0.2) is 5.78 Å². The lowest BCUT2D eigenvalue weighted by Crippen LogP contribution is -2.03. The highest BCUT2D eigenvalue weighted by Crippen LogP contribution is 2.26. The van der Waals surface area contributed by atoms with Gasteiger partial charge < -0.3 is 4.74 Å². The predicted octanol–water partition coefficient (Wildman–Crippen LogP) is 4.84. The van der Waals surface area contributed by atoms with E-state index in [4.69, 9.17) is 4.74 Å². The number of hydrogen-bond acceptors (Lipinski definition) is 4. The van der Waals surface area contributed by atoms with Crippen molar-refractivity contribution in [3.05, 3.63) is 82.9 Å². The van der Waals surface area contributed by atoms with Crippen LogP contribution in [-0.2, 0) is 4.74 Å². The topological polar surface area (TPSA) is 43.4 Å². The second-order valence-corrected chi connectivity index (χ2v) is 6.11. The van der Waals surface area contributed by atoms with E-state index in [9.17, 15) is 9.59 Å². The van der Waals surface area contributed by atoms with Crippen LogP contribution in [0.25, 0.3) is 10.1 Å². The Kier molecular flexibility index (Phi) is 4.35. The first-order valence-electron chi connectivity index (χ1n) is 7.12. The van der Waals surface area contributed by atoms with E-state index in [0.29, 0.717) is 10.4 Å². The van der Waals surface area contributed by atoms with Crippen LogP contribution in [0.5, 0.6) is 0 Å². The third kappa shape index (κ3) is 3.55. The lowest BCUT2D eigenvalue weighted by atomic mass is 10.1. The van der Waals surface area contributed by atoms with E-state index in [0.717, 1.165) is 10.1 Å². The van der Waals surface area contributed by atoms with E-state index in [2.05, 4.69) is 0 Å². The quantitative estimate of drug-likeness (QED) is 0.299. The van der Waals surface area contributed by atoms with Gasteiger partial charge in [0.25, 0.3) is 0 Å². The molecule has 0 N–H and O–H groups in total.